The van der Waals surface area contributed by atoms with Gasteiger partial charge in [-0.3, -0.25) is 29.4 Å². The maximum absolute atomic E-state index is 12.4. The topological polar surface area (TPSA) is 128 Å². The second-order valence-corrected chi connectivity index (χ2v) is 6.03. The van der Waals surface area contributed by atoms with E-state index in [1.165, 1.54) is 12.1 Å². The second-order valence-electron chi connectivity index (χ2n) is 6.03. The van der Waals surface area contributed by atoms with Crippen LogP contribution in [0.15, 0.2) is 42.5 Å². The molecule has 0 atom stereocenters. The number of amides is 3. The molecule has 0 saturated carbocycles. The van der Waals surface area contributed by atoms with Gasteiger partial charge in [0.2, 0.25) is 5.91 Å². The Hall–Kier alpha value is -3.95. The maximum atomic E-state index is 12.4. The van der Waals surface area contributed by atoms with Gasteiger partial charge in [-0.15, -0.1) is 0 Å². The van der Waals surface area contributed by atoms with Crippen LogP contribution in [0.4, 0.5) is 5.69 Å². The van der Waals surface area contributed by atoms with Gasteiger partial charge in [0, 0.05) is 6.07 Å². The number of carbonyl (C=O) groups excluding carboxylic acids is 3. The number of carbonyl (C=O) groups is 3. The van der Waals surface area contributed by atoms with Crippen LogP contribution in [0, 0.1) is 10.1 Å². The van der Waals surface area contributed by atoms with Gasteiger partial charge in [-0.05, 0) is 30.3 Å². The molecule has 2 aromatic rings. The Morgan fingerprint density at radius 2 is 1.79 bits per heavy atom. The Balaban J connectivity index is 1.53. The number of nitrogens with zero attached hydrogens (tertiary/aromatic N) is 2. The van der Waals surface area contributed by atoms with Crippen molar-refractivity contribution in [3.63, 3.8) is 0 Å². The lowest BCUT2D eigenvalue weighted by atomic mass is 10.1. The highest BCUT2D eigenvalue weighted by atomic mass is 16.6. The molecule has 2 aromatic carbocycles. The van der Waals surface area contributed by atoms with E-state index in [0.29, 0.717) is 16.4 Å². The van der Waals surface area contributed by atoms with Crippen LogP contribution in [-0.2, 0) is 4.79 Å². The molecular weight excluding hydrogens is 382 g/mol. The Morgan fingerprint density at radius 1 is 1.10 bits per heavy atom. The fourth-order valence-electron chi connectivity index (χ4n) is 2.84. The van der Waals surface area contributed by atoms with Crippen molar-refractivity contribution >= 4 is 23.4 Å². The summed E-state index contributed by atoms with van der Waals surface area (Å²) in [7, 11) is 1.55. The highest BCUT2D eigenvalue weighted by Gasteiger charge is 2.41. The molecule has 1 aliphatic rings. The van der Waals surface area contributed by atoms with Crippen molar-refractivity contribution in [2.24, 2.45) is 0 Å². The summed E-state index contributed by atoms with van der Waals surface area (Å²) in [4.78, 5) is 47.9. The number of benzene rings is 2. The number of nitro benzene ring substituents is 1. The summed E-state index contributed by atoms with van der Waals surface area (Å²) in [6.07, 6.45) is 0. The van der Waals surface area contributed by atoms with Crippen molar-refractivity contribution in [3.8, 4) is 11.5 Å². The third kappa shape index (κ3) is 4.15. The van der Waals surface area contributed by atoms with E-state index >= 15 is 0 Å². The SMILES string of the molecule is COc1ccc(OCCNC(=O)CN2C(=O)c3cccc([N+](=O)[O-])c3C2=O)cc1. The van der Waals surface area contributed by atoms with Crippen LogP contribution in [-0.4, -0.2) is 54.4 Å². The van der Waals surface area contributed by atoms with E-state index in [-0.39, 0.29) is 24.3 Å². The van der Waals surface area contributed by atoms with Crippen molar-refractivity contribution in [1.82, 2.24) is 10.2 Å². The van der Waals surface area contributed by atoms with Gasteiger partial charge in [-0.2, -0.15) is 0 Å². The molecule has 3 amide bonds. The first-order valence-electron chi connectivity index (χ1n) is 8.59. The number of hydrogen-bond donors (Lipinski definition) is 1. The van der Waals surface area contributed by atoms with Gasteiger partial charge in [0.15, 0.2) is 0 Å². The van der Waals surface area contributed by atoms with E-state index in [1.807, 2.05) is 0 Å². The van der Waals surface area contributed by atoms with Crippen LogP contribution in [0.25, 0.3) is 0 Å². The van der Waals surface area contributed by atoms with E-state index in [9.17, 15) is 24.5 Å². The van der Waals surface area contributed by atoms with Gasteiger partial charge in [0.25, 0.3) is 17.5 Å². The normalized spacial score (nSPS) is 12.5. The summed E-state index contributed by atoms with van der Waals surface area (Å²) >= 11 is 0. The number of imide groups is 1. The van der Waals surface area contributed by atoms with Crippen LogP contribution in [0.1, 0.15) is 20.7 Å². The number of nitrogens with one attached hydrogen (secondary N) is 1. The van der Waals surface area contributed by atoms with Crippen LogP contribution < -0.4 is 14.8 Å². The molecule has 0 bridgehead atoms. The monoisotopic (exact) mass is 399 g/mol. The molecule has 0 spiro atoms. The van der Waals surface area contributed by atoms with Crippen LogP contribution in [0.3, 0.4) is 0 Å². The predicted octanol–water partition coefficient (Wildman–Crippen LogP) is 1.39. The molecular formula is C19H17N3O7. The smallest absolute Gasteiger partial charge is 0.282 e. The first kappa shape index (κ1) is 19.8. The van der Waals surface area contributed by atoms with Crippen LogP contribution in [0.5, 0.6) is 11.5 Å². The standard InChI is InChI=1S/C19H17N3O7/c1-28-12-5-7-13(8-6-12)29-10-9-20-16(23)11-21-18(24)14-3-2-4-15(22(26)27)17(14)19(21)25/h2-8H,9-11H2,1H3,(H,20,23). The Kier molecular flexibility index (Phi) is 5.72. The minimum Gasteiger partial charge on any atom is -0.497 e. The van der Waals surface area contributed by atoms with Gasteiger partial charge in [-0.1, -0.05) is 6.07 Å². The Labute approximate surface area is 165 Å². The minimum absolute atomic E-state index is 0.0835. The minimum atomic E-state index is -0.859. The molecule has 3 rings (SSSR count). The lowest BCUT2D eigenvalue weighted by Crippen LogP contribution is -2.41. The average molecular weight is 399 g/mol. The lowest BCUT2D eigenvalue weighted by molar-refractivity contribution is -0.385. The van der Waals surface area contributed by atoms with E-state index in [4.69, 9.17) is 9.47 Å². The zero-order valence-electron chi connectivity index (χ0n) is 15.4. The van der Waals surface area contributed by atoms with E-state index < -0.39 is 34.9 Å². The highest BCUT2D eigenvalue weighted by molar-refractivity contribution is 6.24. The van der Waals surface area contributed by atoms with Crippen LogP contribution >= 0.6 is 0 Å². The summed E-state index contributed by atoms with van der Waals surface area (Å²) in [5.41, 5.74) is -0.838. The van der Waals surface area contributed by atoms with Gasteiger partial charge in [0.1, 0.15) is 30.2 Å². The molecule has 0 radical (unpaired) electrons. The van der Waals surface area contributed by atoms with Crippen molar-refractivity contribution in [2.45, 2.75) is 0 Å². The molecule has 0 fully saturated rings. The molecule has 150 valence electrons. The summed E-state index contributed by atoms with van der Waals surface area (Å²) in [5, 5.41) is 13.6. The summed E-state index contributed by atoms with van der Waals surface area (Å²) in [6.45, 7) is -0.216. The third-order valence-electron chi connectivity index (χ3n) is 4.23. The Morgan fingerprint density at radius 3 is 2.45 bits per heavy atom. The molecule has 1 N–H and O–H groups in total. The summed E-state index contributed by atoms with van der Waals surface area (Å²) in [5.74, 6) is -0.903. The van der Waals surface area contributed by atoms with Gasteiger partial charge < -0.3 is 14.8 Å². The first-order chi connectivity index (χ1) is 13.9. The van der Waals surface area contributed by atoms with Crippen LogP contribution in [0.2, 0.25) is 0 Å². The van der Waals surface area contributed by atoms with Gasteiger partial charge >= 0.3 is 0 Å². The average Bonchev–Trinajstić information content (AvgIpc) is 2.96. The molecule has 10 nitrogen and oxygen atoms in total. The zero-order chi connectivity index (χ0) is 21.0. The first-order valence-corrected chi connectivity index (χ1v) is 8.59. The molecule has 1 aliphatic heterocycles. The van der Waals surface area contributed by atoms with Crippen molar-refractivity contribution in [3.05, 3.63) is 63.7 Å². The van der Waals surface area contributed by atoms with E-state index in [0.717, 1.165) is 6.07 Å². The molecule has 10 heteroatoms. The predicted molar refractivity (Wildman–Crippen MR) is 100.0 cm³/mol. The number of hydrogen-bond acceptors (Lipinski definition) is 7. The van der Waals surface area contributed by atoms with E-state index in [1.54, 1.807) is 31.4 Å². The number of fused-ring (bicyclic) bond motifs is 1. The molecule has 0 aromatic heterocycles. The molecule has 0 unspecified atom stereocenters. The quantitative estimate of drug-likeness (QED) is 0.307. The van der Waals surface area contributed by atoms with E-state index in [2.05, 4.69) is 5.32 Å². The largest absolute Gasteiger partial charge is 0.497 e. The van der Waals surface area contributed by atoms with Crippen molar-refractivity contribution < 1.29 is 28.8 Å². The fraction of sp³-hybridized carbons (Fsp3) is 0.211. The van der Waals surface area contributed by atoms with Crippen molar-refractivity contribution in [1.29, 1.82) is 0 Å². The number of nitro groups is 1. The molecule has 0 aliphatic carbocycles. The molecule has 0 saturated heterocycles. The number of methoxy groups -OCH3 is 1. The maximum Gasteiger partial charge on any atom is 0.282 e. The zero-order valence-corrected chi connectivity index (χ0v) is 15.4. The van der Waals surface area contributed by atoms with Gasteiger partial charge in [0.05, 0.1) is 24.1 Å². The summed E-state index contributed by atoms with van der Waals surface area (Å²) < 4.78 is 10.5. The van der Waals surface area contributed by atoms with Gasteiger partial charge in [-0.25, -0.2) is 0 Å². The third-order valence-corrected chi connectivity index (χ3v) is 4.23. The lowest BCUT2D eigenvalue weighted by Gasteiger charge is -2.13. The summed E-state index contributed by atoms with van der Waals surface area (Å²) in [6, 6.07) is 10.7. The molecule has 1 heterocycles. The second kappa shape index (κ2) is 8.38. The highest BCUT2D eigenvalue weighted by Crippen LogP contribution is 2.30. The molecule has 29 heavy (non-hydrogen) atoms. The number of rotatable bonds is 8. The fourth-order valence-corrected chi connectivity index (χ4v) is 2.84. The van der Waals surface area contributed by atoms with Crippen molar-refractivity contribution in [2.75, 3.05) is 26.8 Å². The Bertz CT molecular complexity index is 972. The number of ether oxygens (including phenoxy) is 2.